The van der Waals surface area contributed by atoms with Crippen molar-refractivity contribution in [2.45, 2.75) is 45.8 Å². The standard InChI is InChI=1S/C20H24N4O/c1-13-18(14(2)23(3)22-13)12-24(17-8-9-17)11-16-10-15-6-4-5-7-19(15)21-20(16)25/h4-7,10,17H,8-9,11-12H2,1-3H3,(H,21,25). The van der Waals surface area contributed by atoms with Crippen molar-refractivity contribution in [3.63, 3.8) is 0 Å². The molecule has 0 atom stereocenters. The molecule has 4 rings (SSSR count). The lowest BCUT2D eigenvalue weighted by Crippen LogP contribution is -2.29. The highest BCUT2D eigenvalue weighted by Crippen LogP contribution is 2.30. The fourth-order valence-corrected chi connectivity index (χ4v) is 3.53. The number of nitrogens with zero attached hydrogens (tertiary/aromatic N) is 3. The Hall–Kier alpha value is -2.40. The quantitative estimate of drug-likeness (QED) is 0.779. The van der Waals surface area contributed by atoms with Crippen molar-refractivity contribution >= 4 is 10.9 Å². The second kappa shape index (κ2) is 6.15. The van der Waals surface area contributed by atoms with Crippen LogP contribution in [-0.2, 0) is 20.1 Å². The molecule has 0 unspecified atom stereocenters. The third kappa shape index (κ3) is 3.12. The second-order valence-corrected chi connectivity index (χ2v) is 7.12. The Morgan fingerprint density at radius 2 is 2.00 bits per heavy atom. The number of para-hydroxylation sites is 1. The van der Waals surface area contributed by atoms with Gasteiger partial charge in [0.1, 0.15) is 0 Å². The summed E-state index contributed by atoms with van der Waals surface area (Å²) in [7, 11) is 1.99. The van der Waals surface area contributed by atoms with Crippen molar-refractivity contribution in [3.8, 4) is 0 Å². The van der Waals surface area contributed by atoms with E-state index in [1.165, 1.54) is 24.1 Å². The maximum atomic E-state index is 12.5. The zero-order valence-corrected chi connectivity index (χ0v) is 15.0. The largest absolute Gasteiger partial charge is 0.322 e. The van der Waals surface area contributed by atoms with Crippen LogP contribution >= 0.6 is 0 Å². The predicted octanol–water partition coefficient (Wildman–Crippen LogP) is 3.04. The van der Waals surface area contributed by atoms with Crippen LogP contribution < -0.4 is 5.56 Å². The first-order valence-corrected chi connectivity index (χ1v) is 8.87. The van der Waals surface area contributed by atoms with Gasteiger partial charge in [-0.05, 0) is 44.2 Å². The number of H-pyrrole nitrogens is 1. The monoisotopic (exact) mass is 336 g/mol. The van der Waals surface area contributed by atoms with Crippen molar-refractivity contribution in [2.24, 2.45) is 7.05 Å². The summed E-state index contributed by atoms with van der Waals surface area (Å²) in [5, 5.41) is 5.62. The van der Waals surface area contributed by atoms with E-state index in [-0.39, 0.29) is 5.56 Å². The average Bonchev–Trinajstić information content (AvgIpc) is 3.39. The van der Waals surface area contributed by atoms with Crippen LogP contribution in [0.25, 0.3) is 10.9 Å². The lowest BCUT2D eigenvalue weighted by molar-refractivity contribution is 0.244. The molecule has 0 amide bonds. The van der Waals surface area contributed by atoms with Gasteiger partial charge in [-0.15, -0.1) is 0 Å². The van der Waals surface area contributed by atoms with Gasteiger partial charge in [0, 0.05) is 48.5 Å². The zero-order chi connectivity index (χ0) is 17.6. The van der Waals surface area contributed by atoms with Gasteiger partial charge in [-0.25, -0.2) is 0 Å². The van der Waals surface area contributed by atoms with E-state index in [2.05, 4.69) is 28.8 Å². The molecule has 130 valence electrons. The molecule has 1 aromatic carbocycles. The number of rotatable bonds is 5. The summed E-state index contributed by atoms with van der Waals surface area (Å²) in [5.41, 5.74) is 5.32. The molecule has 1 aliphatic carbocycles. The van der Waals surface area contributed by atoms with E-state index < -0.39 is 0 Å². The molecule has 0 radical (unpaired) electrons. The normalized spacial score (nSPS) is 14.6. The molecule has 5 nitrogen and oxygen atoms in total. The van der Waals surface area contributed by atoms with E-state index in [4.69, 9.17) is 0 Å². The third-order valence-corrected chi connectivity index (χ3v) is 5.29. The lowest BCUT2D eigenvalue weighted by atomic mass is 10.1. The number of aromatic nitrogens is 3. The molecule has 25 heavy (non-hydrogen) atoms. The predicted molar refractivity (Wildman–Crippen MR) is 99.5 cm³/mol. The Morgan fingerprint density at radius 1 is 1.24 bits per heavy atom. The van der Waals surface area contributed by atoms with Crippen LogP contribution in [0.15, 0.2) is 35.1 Å². The van der Waals surface area contributed by atoms with Gasteiger partial charge in [0.15, 0.2) is 0 Å². The smallest absolute Gasteiger partial charge is 0.252 e. The van der Waals surface area contributed by atoms with Crippen LogP contribution in [0, 0.1) is 13.8 Å². The zero-order valence-electron chi connectivity index (χ0n) is 15.0. The van der Waals surface area contributed by atoms with E-state index in [0.29, 0.717) is 12.6 Å². The molecule has 5 heteroatoms. The number of aryl methyl sites for hydroxylation is 2. The number of hydrogen-bond donors (Lipinski definition) is 1. The second-order valence-electron chi connectivity index (χ2n) is 7.12. The van der Waals surface area contributed by atoms with E-state index in [1.807, 2.05) is 42.1 Å². The first-order chi connectivity index (χ1) is 12.0. The topological polar surface area (TPSA) is 53.9 Å². The van der Waals surface area contributed by atoms with Crippen molar-refractivity contribution in [3.05, 3.63) is 63.2 Å². The Balaban J connectivity index is 1.64. The van der Waals surface area contributed by atoms with Gasteiger partial charge in [-0.2, -0.15) is 5.10 Å². The maximum absolute atomic E-state index is 12.5. The number of nitrogens with one attached hydrogen (secondary N) is 1. The van der Waals surface area contributed by atoms with Crippen LogP contribution in [0.5, 0.6) is 0 Å². The first-order valence-electron chi connectivity index (χ1n) is 8.87. The van der Waals surface area contributed by atoms with Crippen LogP contribution in [0.1, 0.15) is 35.4 Å². The van der Waals surface area contributed by atoms with Gasteiger partial charge in [0.2, 0.25) is 0 Å². The number of pyridine rings is 1. The van der Waals surface area contributed by atoms with Crippen LogP contribution in [0.3, 0.4) is 0 Å². The van der Waals surface area contributed by atoms with E-state index in [0.717, 1.165) is 28.7 Å². The molecular formula is C20H24N4O. The molecule has 3 aromatic rings. The molecule has 0 aliphatic heterocycles. The number of aromatic amines is 1. The number of benzene rings is 1. The summed E-state index contributed by atoms with van der Waals surface area (Å²) in [6, 6.07) is 10.6. The Kier molecular flexibility index (Phi) is 3.96. The Labute approximate surface area is 147 Å². The SMILES string of the molecule is Cc1nn(C)c(C)c1CN(Cc1cc2ccccc2[nH]c1=O)C1CC1. The average molecular weight is 336 g/mol. The summed E-state index contributed by atoms with van der Waals surface area (Å²) in [6.07, 6.45) is 2.42. The highest BCUT2D eigenvalue weighted by Gasteiger charge is 2.30. The Morgan fingerprint density at radius 3 is 2.68 bits per heavy atom. The molecule has 1 N–H and O–H groups in total. The van der Waals surface area contributed by atoms with Crippen molar-refractivity contribution in [2.75, 3.05) is 0 Å². The summed E-state index contributed by atoms with van der Waals surface area (Å²) in [4.78, 5) is 17.9. The summed E-state index contributed by atoms with van der Waals surface area (Å²) < 4.78 is 1.94. The highest BCUT2D eigenvalue weighted by molar-refractivity contribution is 5.78. The van der Waals surface area contributed by atoms with Gasteiger partial charge in [0.05, 0.1) is 5.69 Å². The summed E-state index contributed by atoms with van der Waals surface area (Å²) in [6.45, 7) is 5.71. The minimum Gasteiger partial charge on any atom is -0.322 e. The molecule has 1 fully saturated rings. The minimum absolute atomic E-state index is 0.0176. The van der Waals surface area contributed by atoms with E-state index >= 15 is 0 Å². The molecular weight excluding hydrogens is 312 g/mol. The van der Waals surface area contributed by atoms with Crippen molar-refractivity contribution in [1.82, 2.24) is 19.7 Å². The molecule has 2 heterocycles. The first kappa shape index (κ1) is 16.1. The fourth-order valence-electron chi connectivity index (χ4n) is 3.53. The highest BCUT2D eigenvalue weighted by atomic mass is 16.1. The van der Waals surface area contributed by atoms with Gasteiger partial charge >= 0.3 is 0 Å². The van der Waals surface area contributed by atoms with Gasteiger partial charge in [0.25, 0.3) is 5.56 Å². The van der Waals surface area contributed by atoms with Crippen LogP contribution in [-0.4, -0.2) is 25.7 Å². The molecule has 2 aromatic heterocycles. The van der Waals surface area contributed by atoms with Gasteiger partial charge < -0.3 is 4.98 Å². The molecule has 0 saturated heterocycles. The van der Waals surface area contributed by atoms with E-state index in [1.54, 1.807) is 0 Å². The van der Waals surface area contributed by atoms with Crippen molar-refractivity contribution < 1.29 is 0 Å². The summed E-state index contributed by atoms with van der Waals surface area (Å²) in [5.74, 6) is 0. The summed E-state index contributed by atoms with van der Waals surface area (Å²) >= 11 is 0. The maximum Gasteiger partial charge on any atom is 0.252 e. The molecule has 1 aliphatic rings. The van der Waals surface area contributed by atoms with Crippen LogP contribution in [0.2, 0.25) is 0 Å². The molecule has 1 saturated carbocycles. The van der Waals surface area contributed by atoms with Gasteiger partial charge in [-0.1, -0.05) is 18.2 Å². The minimum atomic E-state index is 0.0176. The fraction of sp³-hybridized carbons (Fsp3) is 0.400. The van der Waals surface area contributed by atoms with Gasteiger partial charge in [-0.3, -0.25) is 14.4 Å². The lowest BCUT2D eigenvalue weighted by Gasteiger charge is -2.22. The molecule has 0 bridgehead atoms. The number of fused-ring (bicyclic) bond motifs is 1. The Bertz CT molecular complexity index is 981. The van der Waals surface area contributed by atoms with Crippen molar-refractivity contribution in [1.29, 1.82) is 0 Å². The third-order valence-electron chi connectivity index (χ3n) is 5.29. The number of hydrogen-bond acceptors (Lipinski definition) is 3. The molecule has 0 spiro atoms. The van der Waals surface area contributed by atoms with E-state index in [9.17, 15) is 4.79 Å². The van der Waals surface area contributed by atoms with Crippen LogP contribution in [0.4, 0.5) is 0 Å².